The molecule has 0 aliphatic heterocycles. The van der Waals surface area contributed by atoms with E-state index in [4.69, 9.17) is 5.11 Å². The van der Waals surface area contributed by atoms with E-state index in [-0.39, 0.29) is 9.77 Å². The Labute approximate surface area is 101 Å². The van der Waals surface area contributed by atoms with E-state index in [0.717, 1.165) is 11.3 Å². The van der Waals surface area contributed by atoms with Crippen LogP contribution >= 0.6 is 11.3 Å². The van der Waals surface area contributed by atoms with Crippen molar-refractivity contribution in [2.24, 2.45) is 0 Å². The third-order valence-electron chi connectivity index (χ3n) is 1.94. The molecule has 0 amide bonds. The summed E-state index contributed by atoms with van der Waals surface area (Å²) in [6, 6.07) is 4.56. The number of hydrogen-bond acceptors (Lipinski definition) is 4. The molecule has 8 heteroatoms. The summed E-state index contributed by atoms with van der Waals surface area (Å²) in [5.74, 6) is -1.26. The number of carboxylic acid groups (broad SMARTS) is 1. The normalized spacial score (nSPS) is 11.3. The number of aromatic nitrogens is 1. The minimum atomic E-state index is -3.87. The molecule has 0 aliphatic carbocycles. The Morgan fingerprint density at radius 2 is 2.00 bits per heavy atom. The Morgan fingerprint density at radius 3 is 2.59 bits per heavy atom. The molecule has 2 N–H and O–H groups in total. The summed E-state index contributed by atoms with van der Waals surface area (Å²) in [6.07, 6.45) is 3.01. The molecule has 6 nitrogen and oxygen atoms in total. The monoisotopic (exact) mass is 272 g/mol. The number of thiophene rings is 1. The lowest BCUT2D eigenvalue weighted by molar-refractivity contribution is 0.0698. The topological polar surface area (TPSA) is 88.4 Å². The van der Waals surface area contributed by atoms with Crippen LogP contribution in [0.25, 0.3) is 0 Å². The van der Waals surface area contributed by atoms with Gasteiger partial charge in [-0.05, 0) is 23.6 Å². The van der Waals surface area contributed by atoms with Gasteiger partial charge in [0.2, 0.25) is 0 Å². The Hall–Kier alpha value is -1.80. The Morgan fingerprint density at radius 1 is 1.35 bits per heavy atom. The Bertz CT molecular complexity index is 628. The second kappa shape index (κ2) is 4.22. The molecule has 0 radical (unpaired) electrons. The highest BCUT2D eigenvalue weighted by molar-refractivity contribution is 7.92. The smallest absolute Gasteiger partial charge is 0.347 e. The van der Waals surface area contributed by atoms with Gasteiger partial charge < -0.3 is 5.11 Å². The molecule has 2 heterocycles. The van der Waals surface area contributed by atoms with Gasteiger partial charge >= 0.3 is 5.97 Å². The van der Waals surface area contributed by atoms with Gasteiger partial charge in [0.1, 0.15) is 9.77 Å². The van der Waals surface area contributed by atoms with Crippen LogP contribution in [0, 0.1) is 0 Å². The third kappa shape index (κ3) is 2.32. The third-order valence-corrected chi connectivity index (χ3v) is 4.34. The number of nitrogens with zero attached hydrogens (tertiary/aromatic N) is 1. The molecule has 0 aromatic carbocycles. The van der Waals surface area contributed by atoms with Crippen molar-refractivity contribution >= 4 is 27.3 Å². The predicted octanol–water partition coefficient (Wildman–Crippen LogP) is 1.18. The minimum Gasteiger partial charge on any atom is -0.477 e. The molecule has 2 aromatic rings. The van der Waals surface area contributed by atoms with Gasteiger partial charge in [-0.25, -0.2) is 9.63 Å². The number of carbonyl (C=O) groups is 1. The van der Waals surface area contributed by atoms with Gasteiger partial charge in [-0.15, -0.1) is 11.3 Å². The average molecular weight is 272 g/mol. The lowest BCUT2D eigenvalue weighted by atomic mass is 10.5. The van der Waals surface area contributed by atoms with Crippen LogP contribution in [0.3, 0.4) is 0 Å². The van der Waals surface area contributed by atoms with Crippen LogP contribution in [0.1, 0.15) is 9.67 Å². The van der Waals surface area contributed by atoms with Crippen LogP contribution in [-0.4, -0.2) is 24.2 Å². The predicted molar refractivity (Wildman–Crippen MR) is 62.3 cm³/mol. The number of hydrogen-bond donors (Lipinski definition) is 2. The van der Waals surface area contributed by atoms with E-state index in [0.29, 0.717) is 0 Å². The van der Waals surface area contributed by atoms with E-state index in [9.17, 15) is 13.2 Å². The highest BCUT2D eigenvalue weighted by Gasteiger charge is 2.23. The first kappa shape index (κ1) is 11.7. The Kier molecular flexibility index (Phi) is 2.90. The van der Waals surface area contributed by atoms with Crippen molar-refractivity contribution in [1.29, 1.82) is 0 Å². The summed E-state index contributed by atoms with van der Waals surface area (Å²) in [6.45, 7) is 0. The molecule has 17 heavy (non-hydrogen) atoms. The van der Waals surface area contributed by atoms with Gasteiger partial charge in [0.15, 0.2) is 0 Å². The highest BCUT2D eigenvalue weighted by atomic mass is 32.2. The molecule has 0 atom stereocenters. The standard InChI is InChI=1S/C9H8N2O4S2/c12-9(13)8-7(3-6-16-8)17(14,15)10-11-4-1-2-5-11/h1-6,10H,(H,12,13). The lowest BCUT2D eigenvalue weighted by Crippen LogP contribution is -2.22. The maximum atomic E-state index is 11.9. The van der Waals surface area contributed by atoms with Gasteiger partial charge in [-0.3, -0.25) is 4.68 Å². The molecule has 0 spiro atoms. The van der Waals surface area contributed by atoms with Crippen LogP contribution in [-0.2, 0) is 10.0 Å². The van der Waals surface area contributed by atoms with Crippen molar-refractivity contribution in [3.63, 3.8) is 0 Å². The fourth-order valence-electron chi connectivity index (χ4n) is 1.25. The largest absolute Gasteiger partial charge is 0.477 e. The molecule has 0 aliphatic rings. The van der Waals surface area contributed by atoms with Crippen molar-refractivity contribution in [2.45, 2.75) is 4.90 Å². The summed E-state index contributed by atoms with van der Waals surface area (Å²) < 4.78 is 25.0. The zero-order chi connectivity index (χ0) is 12.5. The van der Waals surface area contributed by atoms with Gasteiger partial charge in [-0.2, -0.15) is 8.42 Å². The lowest BCUT2D eigenvalue weighted by Gasteiger charge is -2.07. The quantitative estimate of drug-likeness (QED) is 0.874. The molecule has 0 saturated heterocycles. The SMILES string of the molecule is O=C(O)c1sccc1S(=O)(=O)Nn1cccc1. The van der Waals surface area contributed by atoms with E-state index in [1.54, 1.807) is 12.1 Å². The van der Waals surface area contributed by atoms with Crippen LogP contribution in [0.15, 0.2) is 40.9 Å². The summed E-state index contributed by atoms with van der Waals surface area (Å²) in [5.41, 5.74) is 0. The van der Waals surface area contributed by atoms with Crippen LogP contribution < -0.4 is 4.83 Å². The van der Waals surface area contributed by atoms with E-state index in [1.807, 2.05) is 0 Å². The molecule has 0 unspecified atom stereocenters. The first-order valence-corrected chi connectivity index (χ1v) is 6.83. The maximum Gasteiger partial charge on any atom is 0.347 e. The van der Waals surface area contributed by atoms with E-state index < -0.39 is 16.0 Å². The highest BCUT2D eigenvalue weighted by Crippen LogP contribution is 2.22. The van der Waals surface area contributed by atoms with Crippen molar-refractivity contribution < 1.29 is 18.3 Å². The average Bonchev–Trinajstić information content (AvgIpc) is 2.84. The van der Waals surface area contributed by atoms with Crippen molar-refractivity contribution in [2.75, 3.05) is 4.83 Å². The van der Waals surface area contributed by atoms with Crippen LogP contribution in [0.4, 0.5) is 0 Å². The molecule has 0 fully saturated rings. The Balaban J connectivity index is 2.38. The fraction of sp³-hybridized carbons (Fsp3) is 0. The summed E-state index contributed by atoms with van der Waals surface area (Å²) in [5, 5.41) is 10.3. The molecule has 0 bridgehead atoms. The first-order valence-electron chi connectivity index (χ1n) is 4.47. The van der Waals surface area contributed by atoms with Crippen molar-refractivity contribution in [3.05, 3.63) is 40.8 Å². The number of rotatable bonds is 4. The van der Waals surface area contributed by atoms with Crippen molar-refractivity contribution in [1.82, 2.24) is 4.68 Å². The summed E-state index contributed by atoms with van der Waals surface area (Å²) in [7, 11) is -3.87. The molecule has 90 valence electrons. The summed E-state index contributed by atoms with van der Waals surface area (Å²) >= 11 is 0.869. The number of sulfonamides is 1. The molecule has 2 rings (SSSR count). The number of aromatic carboxylic acids is 1. The molecule has 0 saturated carbocycles. The van der Waals surface area contributed by atoms with E-state index in [2.05, 4.69) is 4.83 Å². The van der Waals surface area contributed by atoms with Crippen LogP contribution in [0.2, 0.25) is 0 Å². The minimum absolute atomic E-state index is 0.204. The van der Waals surface area contributed by atoms with Gasteiger partial charge in [0.05, 0.1) is 0 Å². The molecular weight excluding hydrogens is 264 g/mol. The van der Waals surface area contributed by atoms with Gasteiger partial charge in [0, 0.05) is 12.4 Å². The number of carboxylic acids is 1. The summed E-state index contributed by atoms with van der Waals surface area (Å²) in [4.78, 5) is 12.6. The van der Waals surface area contributed by atoms with Gasteiger partial charge in [0.25, 0.3) is 10.0 Å². The zero-order valence-electron chi connectivity index (χ0n) is 8.40. The van der Waals surface area contributed by atoms with Crippen LogP contribution in [0.5, 0.6) is 0 Å². The fourth-order valence-corrected chi connectivity index (χ4v) is 3.51. The van der Waals surface area contributed by atoms with Gasteiger partial charge in [-0.1, -0.05) is 0 Å². The van der Waals surface area contributed by atoms with E-state index in [1.165, 1.54) is 28.5 Å². The van der Waals surface area contributed by atoms with Crippen molar-refractivity contribution in [3.8, 4) is 0 Å². The van der Waals surface area contributed by atoms with E-state index >= 15 is 0 Å². The molecular formula is C9H8N2O4S2. The molecule has 2 aromatic heterocycles. The number of nitrogens with one attached hydrogen (secondary N) is 1. The first-order chi connectivity index (χ1) is 8.00. The second-order valence-electron chi connectivity index (χ2n) is 3.10. The second-order valence-corrected chi connectivity index (χ2v) is 5.65. The maximum absolute atomic E-state index is 11.9. The zero-order valence-corrected chi connectivity index (χ0v) is 10.0.